The summed E-state index contributed by atoms with van der Waals surface area (Å²) in [6.07, 6.45) is 5.90. The molecule has 1 amide bonds. The van der Waals surface area contributed by atoms with Crippen LogP contribution in [-0.4, -0.2) is 56.5 Å². The molecule has 1 saturated heterocycles. The Morgan fingerprint density at radius 2 is 2.03 bits per heavy atom. The Balaban J connectivity index is 1.34. The number of amides is 1. The monoisotopic (exact) mass is 423 g/mol. The van der Waals surface area contributed by atoms with Crippen LogP contribution < -0.4 is 5.69 Å². The summed E-state index contributed by atoms with van der Waals surface area (Å²) in [7, 11) is 1.63. The zero-order chi connectivity index (χ0) is 21.4. The third-order valence-corrected chi connectivity index (χ3v) is 6.44. The van der Waals surface area contributed by atoms with E-state index >= 15 is 0 Å². The van der Waals surface area contributed by atoms with E-state index in [4.69, 9.17) is 4.74 Å². The van der Waals surface area contributed by atoms with Crippen LogP contribution in [0.1, 0.15) is 43.5 Å². The summed E-state index contributed by atoms with van der Waals surface area (Å²) >= 11 is 0. The molecule has 1 aromatic carbocycles. The van der Waals surface area contributed by atoms with Crippen molar-refractivity contribution in [1.82, 2.24) is 23.8 Å². The van der Waals surface area contributed by atoms with Crippen molar-refractivity contribution >= 4 is 16.8 Å². The summed E-state index contributed by atoms with van der Waals surface area (Å²) in [5.41, 5.74) is 1.03. The number of piperidine rings is 1. The first-order chi connectivity index (χ1) is 15.2. The van der Waals surface area contributed by atoms with E-state index < -0.39 is 0 Å². The zero-order valence-corrected chi connectivity index (χ0v) is 17.9. The highest BCUT2D eigenvalue weighted by molar-refractivity contribution is 5.83. The van der Waals surface area contributed by atoms with Gasteiger partial charge in [-0.15, -0.1) is 0 Å². The minimum Gasteiger partial charge on any atom is -0.383 e. The number of hydrogen-bond donors (Lipinski definition) is 0. The standard InChI is InChI=1S/C23H29N5O3/c1-31-14-13-27-23(30)28(19-8-9-19)22(24-27)18-6-4-11-26(15-18)21(29)16-25-12-10-17-5-2-3-7-20(17)25/h2-3,5,7,10,12,18-19H,4,6,8-9,11,13-16H2,1H3. The first kappa shape index (κ1) is 20.1. The maximum atomic E-state index is 13.1. The second kappa shape index (κ2) is 8.34. The van der Waals surface area contributed by atoms with E-state index in [1.54, 1.807) is 7.11 Å². The number of carbonyl (C=O) groups excluding carboxylic acids is 1. The van der Waals surface area contributed by atoms with Gasteiger partial charge in [-0.3, -0.25) is 9.36 Å². The van der Waals surface area contributed by atoms with Crippen LogP contribution in [0, 0.1) is 0 Å². The number of carbonyl (C=O) groups is 1. The van der Waals surface area contributed by atoms with Gasteiger partial charge in [-0.1, -0.05) is 18.2 Å². The van der Waals surface area contributed by atoms with Gasteiger partial charge in [0.15, 0.2) is 0 Å². The number of para-hydroxylation sites is 1. The van der Waals surface area contributed by atoms with Crippen molar-refractivity contribution in [2.45, 2.75) is 50.7 Å². The van der Waals surface area contributed by atoms with Gasteiger partial charge in [0, 0.05) is 43.9 Å². The molecule has 0 bridgehead atoms. The molecule has 0 spiro atoms. The van der Waals surface area contributed by atoms with E-state index in [9.17, 15) is 9.59 Å². The van der Waals surface area contributed by atoms with Crippen LogP contribution in [0.4, 0.5) is 0 Å². The van der Waals surface area contributed by atoms with Crippen molar-refractivity contribution < 1.29 is 9.53 Å². The lowest BCUT2D eigenvalue weighted by Crippen LogP contribution is -2.41. The highest BCUT2D eigenvalue weighted by Gasteiger charge is 2.35. The van der Waals surface area contributed by atoms with E-state index in [0.717, 1.165) is 49.0 Å². The zero-order valence-electron chi connectivity index (χ0n) is 17.9. The number of rotatable bonds is 7. The Morgan fingerprint density at radius 3 is 2.84 bits per heavy atom. The fraction of sp³-hybridized carbons (Fsp3) is 0.522. The molecule has 1 aliphatic carbocycles. The van der Waals surface area contributed by atoms with Gasteiger partial charge in [-0.25, -0.2) is 9.48 Å². The van der Waals surface area contributed by atoms with Crippen molar-refractivity contribution in [3.05, 3.63) is 52.8 Å². The Labute approximate surface area is 181 Å². The average Bonchev–Trinajstić information content (AvgIpc) is 3.47. The van der Waals surface area contributed by atoms with Crippen LogP contribution in [0.5, 0.6) is 0 Å². The van der Waals surface area contributed by atoms with Crippen LogP contribution in [-0.2, 0) is 22.6 Å². The fourth-order valence-corrected chi connectivity index (χ4v) is 4.65. The predicted octanol–water partition coefficient (Wildman–Crippen LogP) is 2.39. The first-order valence-electron chi connectivity index (χ1n) is 11.2. The van der Waals surface area contributed by atoms with E-state index in [-0.39, 0.29) is 23.6 Å². The molecule has 1 aliphatic heterocycles. The molecule has 5 rings (SSSR count). The number of aromatic nitrogens is 4. The van der Waals surface area contributed by atoms with Crippen LogP contribution in [0.15, 0.2) is 41.3 Å². The lowest BCUT2D eigenvalue weighted by Gasteiger charge is -2.32. The molecule has 2 fully saturated rings. The minimum absolute atomic E-state index is 0.0446. The second-order valence-corrected chi connectivity index (χ2v) is 8.64. The second-order valence-electron chi connectivity index (χ2n) is 8.64. The number of methoxy groups -OCH3 is 1. The lowest BCUT2D eigenvalue weighted by atomic mass is 9.97. The molecule has 0 N–H and O–H groups in total. The number of benzene rings is 1. The highest BCUT2D eigenvalue weighted by atomic mass is 16.5. The van der Waals surface area contributed by atoms with Crippen molar-refractivity contribution in [2.24, 2.45) is 0 Å². The normalized spacial score (nSPS) is 19.3. The van der Waals surface area contributed by atoms with Gasteiger partial charge in [0.25, 0.3) is 0 Å². The van der Waals surface area contributed by atoms with E-state index in [0.29, 0.717) is 26.2 Å². The Morgan fingerprint density at radius 1 is 1.19 bits per heavy atom. The number of hydrogen-bond acceptors (Lipinski definition) is 4. The number of ether oxygens (including phenoxy) is 1. The van der Waals surface area contributed by atoms with E-state index in [1.165, 1.54) is 4.68 Å². The molecule has 3 aromatic rings. The fourth-order valence-electron chi connectivity index (χ4n) is 4.65. The number of fused-ring (bicyclic) bond motifs is 1. The van der Waals surface area contributed by atoms with Crippen LogP contribution in [0.2, 0.25) is 0 Å². The Hall–Kier alpha value is -2.87. The van der Waals surface area contributed by atoms with Crippen molar-refractivity contribution in [3.63, 3.8) is 0 Å². The van der Waals surface area contributed by atoms with Crippen LogP contribution >= 0.6 is 0 Å². The summed E-state index contributed by atoms with van der Waals surface area (Å²) in [6, 6.07) is 10.4. The first-order valence-corrected chi connectivity index (χ1v) is 11.2. The molecular weight excluding hydrogens is 394 g/mol. The van der Waals surface area contributed by atoms with Gasteiger partial charge in [0.2, 0.25) is 5.91 Å². The van der Waals surface area contributed by atoms with Gasteiger partial charge < -0.3 is 14.2 Å². The van der Waals surface area contributed by atoms with Gasteiger partial charge in [-0.05, 0) is 43.2 Å². The van der Waals surface area contributed by atoms with Gasteiger partial charge >= 0.3 is 5.69 Å². The number of nitrogens with zero attached hydrogens (tertiary/aromatic N) is 5. The SMILES string of the molecule is COCCn1nc(C2CCCN(C(=O)Cn3ccc4ccccc43)C2)n(C2CC2)c1=O. The van der Waals surface area contributed by atoms with E-state index in [1.807, 2.05) is 44.5 Å². The van der Waals surface area contributed by atoms with Crippen molar-refractivity contribution in [2.75, 3.05) is 26.8 Å². The van der Waals surface area contributed by atoms with Gasteiger partial charge in [-0.2, -0.15) is 5.10 Å². The molecule has 31 heavy (non-hydrogen) atoms. The summed E-state index contributed by atoms with van der Waals surface area (Å²) in [6.45, 7) is 2.62. The van der Waals surface area contributed by atoms with Crippen LogP contribution in [0.25, 0.3) is 10.9 Å². The molecule has 2 aromatic heterocycles. The smallest absolute Gasteiger partial charge is 0.346 e. The minimum atomic E-state index is -0.0446. The Kier molecular flexibility index (Phi) is 5.40. The number of likely N-dealkylation sites (tertiary alicyclic amines) is 1. The summed E-state index contributed by atoms with van der Waals surface area (Å²) in [5, 5.41) is 5.83. The van der Waals surface area contributed by atoms with Crippen LogP contribution in [0.3, 0.4) is 0 Å². The molecule has 8 nitrogen and oxygen atoms in total. The molecule has 2 aliphatic rings. The largest absolute Gasteiger partial charge is 0.383 e. The van der Waals surface area contributed by atoms with Gasteiger partial charge in [0.05, 0.1) is 13.2 Å². The summed E-state index contributed by atoms with van der Waals surface area (Å²) in [5.74, 6) is 1.05. The van der Waals surface area contributed by atoms with Gasteiger partial charge in [0.1, 0.15) is 12.4 Å². The maximum absolute atomic E-state index is 13.1. The molecule has 1 atom stereocenters. The molecule has 8 heteroatoms. The topological polar surface area (TPSA) is 74.3 Å². The summed E-state index contributed by atoms with van der Waals surface area (Å²) < 4.78 is 10.6. The molecule has 3 heterocycles. The predicted molar refractivity (Wildman–Crippen MR) is 117 cm³/mol. The van der Waals surface area contributed by atoms with E-state index in [2.05, 4.69) is 11.2 Å². The molecule has 164 valence electrons. The average molecular weight is 424 g/mol. The highest BCUT2D eigenvalue weighted by Crippen LogP contribution is 2.37. The summed E-state index contributed by atoms with van der Waals surface area (Å²) in [4.78, 5) is 28.0. The van der Waals surface area contributed by atoms with Crippen molar-refractivity contribution in [1.29, 1.82) is 0 Å². The molecule has 1 saturated carbocycles. The third kappa shape index (κ3) is 3.92. The quantitative estimate of drug-likeness (QED) is 0.585. The van der Waals surface area contributed by atoms with Crippen molar-refractivity contribution in [3.8, 4) is 0 Å². The Bertz CT molecular complexity index is 1140. The molecule has 1 unspecified atom stereocenters. The molecule has 0 radical (unpaired) electrons. The third-order valence-electron chi connectivity index (χ3n) is 6.44. The molecular formula is C23H29N5O3. The lowest BCUT2D eigenvalue weighted by molar-refractivity contribution is -0.133. The maximum Gasteiger partial charge on any atom is 0.346 e.